The zero-order valence-electron chi connectivity index (χ0n) is 14.9. The van der Waals surface area contributed by atoms with Gasteiger partial charge in [0, 0.05) is 24.2 Å². The Labute approximate surface area is 164 Å². The molecule has 1 amide bonds. The van der Waals surface area contributed by atoms with Crippen molar-refractivity contribution >= 4 is 17.5 Å². The Hall–Kier alpha value is -3.01. The molecule has 0 aliphatic carbocycles. The maximum absolute atomic E-state index is 12.8. The number of aromatic nitrogens is 4. The van der Waals surface area contributed by atoms with Gasteiger partial charge in [-0.25, -0.2) is 0 Å². The topological polar surface area (TPSA) is 122 Å². The van der Waals surface area contributed by atoms with Crippen LogP contribution in [0.4, 0.5) is 0 Å². The lowest BCUT2D eigenvalue weighted by molar-refractivity contribution is 0.0800. The fraction of sp³-hybridized carbons (Fsp3) is 0.222. The molecule has 0 bridgehead atoms. The monoisotopic (exact) mass is 403 g/mol. The number of nitrogens with one attached hydrogen (secondary N) is 1. The molecule has 0 aliphatic heterocycles. The average molecular weight is 404 g/mol. The average Bonchev–Trinajstić information content (AvgIpc) is 3.12. The second kappa shape index (κ2) is 8.34. The summed E-state index contributed by atoms with van der Waals surface area (Å²) in [7, 11) is 1.70. The van der Waals surface area contributed by atoms with Gasteiger partial charge in [0.25, 0.3) is 11.5 Å². The number of amides is 1. The summed E-state index contributed by atoms with van der Waals surface area (Å²) in [5, 5.41) is 29.7. The third kappa shape index (κ3) is 4.28. The Balaban J connectivity index is 2.09. The Bertz CT molecular complexity index is 1040. The van der Waals surface area contributed by atoms with Gasteiger partial charge < -0.3 is 15.5 Å². The molecule has 3 N–H and O–H groups in total. The van der Waals surface area contributed by atoms with Gasteiger partial charge in [-0.15, -0.1) is 0 Å². The highest BCUT2D eigenvalue weighted by molar-refractivity contribution is 6.30. The van der Waals surface area contributed by atoms with Crippen molar-refractivity contribution in [1.29, 1.82) is 0 Å². The van der Waals surface area contributed by atoms with Gasteiger partial charge in [-0.3, -0.25) is 14.3 Å². The number of aliphatic hydroxyl groups is 2. The van der Waals surface area contributed by atoms with E-state index < -0.39 is 24.2 Å². The van der Waals surface area contributed by atoms with Crippen molar-refractivity contribution in [1.82, 2.24) is 24.9 Å². The summed E-state index contributed by atoms with van der Waals surface area (Å²) in [5.41, 5.74) is 0.642. The molecule has 3 rings (SSSR count). The number of hydrogen-bond donors (Lipinski definition) is 3. The Morgan fingerprint density at radius 2 is 2.04 bits per heavy atom. The minimum Gasteiger partial charge on any atom is -0.394 e. The molecule has 10 heteroatoms. The second-order valence-corrected chi connectivity index (χ2v) is 6.52. The van der Waals surface area contributed by atoms with Crippen molar-refractivity contribution in [3.8, 4) is 16.9 Å². The van der Waals surface area contributed by atoms with Crippen LogP contribution in [0.3, 0.4) is 0 Å². The van der Waals surface area contributed by atoms with E-state index in [1.807, 2.05) is 0 Å². The van der Waals surface area contributed by atoms with Gasteiger partial charge in [-0.2, -0.15) is 14.9 Å². The summed E-state index contributed by atoms with van der Waals surface area (Å²) in [6, 6.07) is 8.17. The van der Waals surface area contributed by atoms with Crippen molar-refractivity contribution in [3.05, 3.63) is 63.7 Å². The molecule has 0 spiro atoms. The number of rotatable bonds is 6. The molecular weight excluding hydrogens is 386 g/mol. The Morgan fingerprint density at radius 1 is 1.32 bits per heavy atom. The first kappa shape index (κ1) is 19.7. The first-order chi connectivity index (χ1) is 13.4. The first-order valence-corrected chi connectivity index (χ1v) is 8.73. The molecule has 1 unspecified atom stereocenters. The van der Waals surface area contributed by atoms with Crippen LogP contribution in [0.1, 0.15) is 10.4 Å². The molecule has 0 saturated heterocycles. The normalized spacial score (nSPS) is 12.0. The van der Waals surface area contributed by atoms with Gasteiger partial charge in [0.05, 0.1) is 30.8 Å². The molecule has 2 aromatic heterocycles. The molecular formula is C18H18ClN5O4. The maximum Gasteiger partial charge on any atom is 0.284 e. The third-order valence-corrected chi connectivity index (χ3v) is 4.19. The molecule has 9 nitrogen and oxygen atoms in total. The van der Waals surface area contributed by atoms with Crippen LogP contribution in [0.2, 0.25) is 5.02 Å². The van der Waals surface area contributed by atoms with Crippen LogP contribution in [0.15, 0.2) is 47.5 Å². The predicted molar refractivity (Wildman–Crippen MR) is 102 cm³/mol. The lowest BCUT2D eigenvalue weighted by Gasteiger charge is -2.11. The molecule has 0 radical (unpaired) electrons. The molecule has 3 aromatic rings. The fourth-order valence-electron chi connectivity index (χ4n) is 2.48. The predicted octanol–water partition coefficient (Wildman–Crippen LogP) is 0.369. The summed E-state index contributed by atoms with van der Waals surface area (Å²) in [4.78, 5) is 25.4. The van der Waals surface area contributed by atoms with E-state index in [-0.39, 0.29) is 12.1 Å². The van der Waals surface area contributed by atoms with Gasteiger partial charge in [0.2, 0.25) is 0 Å². The molecule has 146 valence electrons. The summed E-state index contributed by atoms with van der Waals surface area (Å²) < 4.78 is 2.60. The summed E-state index contributed by atoms with van der Waals surface area (Å²) in [6.07, 6.45) is 1.93. The zero-order chi connectivity index (χ0) is 20.3. The maximum atomic E-state index is 12.8. The Kier molecular flexibility index (Phi) is 5.88. The lowest BCUT2D eigenvalue weighted by Crippen LogP contribution is -2.38. The van der Waals surface area contributed by atoms with Crippen LogP contribution in [-0.2, 0) is 7.05 Å². The number of benzene rings is 1. The standard InChI is InChI=1S/C18H18ClN5O4/c1-23-9-13(7-21-23)24-18(28)15(17(27)20-8-14(26)10-25)6-16(22-24)11-2-4-12(19)5-3-11/h2-7,9,14,25-26H,8,10H2,1H3,(H,20,27). The van der Waals surface area contributed by atoms with Crippen LogP contribution in [0, 0.1) is 0 Å². The van der Waals surface area contributed by atoms with E-state index in [2.05, 4.69) is 15.5 Å². The molecule has 0 aliphatic rings. The zero-order valence-corrected chi connectivity index (χ0v) is 15.7. The number of aryl methyl sites for hydroxylation is 1. The molecule has 28 heavy (non-hydrogen) atoms. The number of hydrogen-bond acceptors (Lipinski definition) is 6. The summed E-state index contributed by atoms with van der Waals surface area (Å²) in [5.74, 6) is -0.687. The molecule has 0 fully saturated rings. The summed E-state index contributed by atoms with van der Waals surface area (Å²) >= 11 is 5.93. The van der Waals surface area contributed by atoms with Gasteiger partial charge in [-0.1, -0.05) is 23.7 Å². The van der Waals surface area contributed by atoms with Crippen molar-refractivity contribution in [3.63, 3.8) is 0 Å². The van der Waals surface area contributed by atoms with Gasteiger partial charge in [0.1, 0.15) is 11.3 Å². The van der Waals surface area contributed by atoms with Gasteiger partial charge >= 0.3 is 0 Å². The number of aliphatic hydroxyl groups excluding tert-OH is 2. The van der Waals surface area contributed by atoms with Crippen LogP contribution in [0.5, 0.6) is 0 Å². The van der Waals surface area contributed by atoms with Crippen LogP contribution in [0.25, 0.3) is 16.9 Å². The van der Waals surface area contributed by atoms with Gasteiger partial charge in [-0.05, 0) is 18.2 Å². The third-order valence-electron chi connectivity index (χ3n) is 3.94. The quantitative estimate of drug-likeness (QED) is 0.546. The number of halogens is 1. The molecule has 0 saturated carbocycles. The van der Waals surface area contributed by atoms with Crippen molar-refractivity contribution < 1.29 is 15.0 Å². The lowest BCUT2D eigenvalue weighted by atomic mass is 10.1. The van der Waals surface area contributed by atoms with E-state index in [0.717, 1.165) is 4.68 Å². The minimum atomic E-state index is -1.12. The summed E-state index contributed by atoms with van der Waals surface area (Å²) in [6.45, 7) is -0.702. The molecule has 1 atom stereocenters. The Morgan fingerprint density at radius 3 is 2.64 bits per heavy atom. The number of carbonyl (C=O) groups is 1. The smallest absolute Gasteiger partial charge is 0.284 e. The minimum absolute atomic E-state index is 0.158. The number of nitrogens with zero attached hydrogens (tertiary/aromatic N) is 4. The van der Waals surface area contributed by atoms with E-state index in [1.54, 1.807) is 37.5 Å². The van der Waals surface area contributed by atoms with E-state index in [4.69, 9.17) is 16.7 Å². The SMILES string of the molecule is Cn1cc(-n2nc(-c3ccc(Cl)cc3)cc(C(=O)NCC(O)CO)c2=O)cn1. The van der Waals surface area contributed by atoms with Crippen molar-refractivity contribution in [2.45, 2.75) is 6.10 Å². The van der Waals surface area contributed by atoms with E-state index in [9.17, 15) is 14.7 Å². The molecule has 2 heterocycles. The largest absolute Gasteiger partial charge is 0.394 e. The van der Waals surface area contributed by atoms with E-state index in [0.29, 0.717) is 22.0 Å². The van der Waals surface area contributed by atoms with Crippen LogP contribution < -0.4 is 10.9 Å². The highest BCUT2D eigenvalue weighted by Gasteiger charge is 2.18. The highest BCUT2D eigenvalue weighted by Crippen LogP contribution is 2.20. The van der Waals surface area contributed by atoms with Gasteiger partial charge in [0.15, 0.2) is 0 Å². The van der Waals surface area contributed by atoms with Crippen LogP contribution >= 0.6 is 11.6 Å². The van der Waals surface area contributed by atoms with E-state index in [1.165, 1.54) is 16.9 Å². The van der Waals surface area contributed by atoms with Crippen molar-refractivity contribution in [2.24, 2.45) is 7.05 Å². The van der Waals surface area contributed by atoms with Crippen molar-refractivity contribution in [2.75, 3.05) is 13.2 Å². The first-order valence-electron chi connectivity index (χ1n) is 8.35. The highest BCUT2D eigenvalue weighted by atomic mass is 35.5. The van der Waals surface area contributed by atoms with Crippen LogP contribution in [-0.4, -0.2) is 54.9 Å². The fourth-order valence-corrected chi connectivity index (χ4v) is 2.61. The number of carbonyl (C=O) groups excluding carboxylic acids is 1. The second-order valence-electron chi connectivity index (χ2n) is 6.09. The molecule has 1 aromatic carbocycles. The van der Waals surface area contributed by atoms with E-state index >= 15 is 0 Å².